The lowest BCUT2D eigenvalue weighted by Crippen LogP contribution is -2.48. The number of thiazole rings is 1. The molecule has 0 radical (unpaired) electrons. The van der Waals surface area contributed by atoms with Crippen molar-refractivity contribution in [3.05, 3.63) is 46.5 Å². The molecule has 7 nitrogen and oxygen atoms in total. The highest BCUT2D eigenvalue weighted by atomic mass is 32.1. The maximum atomic E-state index is 13.4. The first-order valence-electron chi connectivity index (χ1n) is 10.7. The first-order valence-corrected chi connectivity index (χ1v) is 11.5. The van der Waals surface area contributed by atoms with Gasteiger partial charge in [0.15, 0.2) is 10.9 Å². The SMILES string of the molecule is COc1cc(-c2cccc(C(F)(F)F)c2)nc2c1N1CC[C@@H](C1)N2C(=O)Nc1nc(C)c(C)s1. The van der Waals surface area contributed by atoms with E-state index < -0.39 is 11.7 Å². The lowest BCUT2D eigenvalue weighted by atomic mass is 10.1. The van der Waals surface area contributed by atoms with Crippen molar-refractivity contribution in [2.45, 2.75) is 32.5 Å². The number of carbonyl (C=O) groups is 1. The summed E-state index contributed by atoms with van der Waals surface area (Å²) in [5.41, 5.74) is 1.32. The maximum absolute atomic E-state index is 13.4. The maximum Gasteiger partial charge on any atom is 0.416 e. The van der Waals surface area contributed by atoms with Crippen LogP contribution < -0.4 is 19.9 Å². The second-order valence-corrected chi connectivity index (χ2v) is 9.51. The number of urea groups is 1. The van der Waals surface area contributed by atoms with E-state index in [0.717, 1.165) is 35.7 Å². The zero-order valence-electron chi connectivity index (χ0n) is 18.7. The number of fused-ring (bicyclic) bond motifs is 4. The zero-order chi connectivity index (χ0) is 24.2. The Morgan fingerprint density at radius 3 is 2.71 bits per heavy atom. The fraction of sp³-hybridized carbons (Fsp3) is 0.348. The molecule has 5 rings (SSSR count). The molecule has 1 atom stereocenters. The summed E-state index contributed by atoms with van der Waals surface area (Å²) in [6.45, 7) is 5.15. The Balaban J connectivity index is 1.60. The van der Waals surface area contributed by atoms with Crippen LogP contribution in [0.1, 0.15) is 22.6 Å². The van der Waals surface area contributed by atoms with Crippen molar-refractivity contribution in [2.24, 2.45) is 0 Å². The number of anilines is 3. The van der Waals surface area contributed by atoms with E-state index in [9.17, 15) is 18.0 Å². The summed E-state index contributed by atoms with van der Waals surface area (Å²) in [6.07, 6.45) is -3.74. The van der Waals surface area contributed by atoms with Gasteiger partial charge in [0.25, 0.3) is 0 Å². The predicted octanol–water partition coefficient (Wildman–Crippen LogP) is 5.48. The number of hydrogen-bond acceptors (Lipinski definition) is 6. The van der Waals surface area contributed by atoms with Crippen LogP contribution in [0, 0.1) is 13.8 Å². The first kappa shape index (κ1) is 22.5. The van der Waals surface area contributed by atoms with E-state index in [-0.39, 0.29) is 17.6 Å². The molecule has 0 unspecified atom stereocenters. The average Bonchev–Trinajstić information content (AvgIpc) is 3.35. The molecule has 2 aliphatic rings. The van der Waals surface area contributed by atoms with Crippen LogP contribution in [0.3, 0.4) is 0 Å². The number of ether oxygens (including phenoxy) is 1. The molecule has 3 aromatic rings. The van der Waals surface area contributed by atoms with Gasteiger partial charge in [-0.2, -0.15) is 13.2 Å². The van der Waals surface area contributed by atoms with Crippen LogP contribution in [0.25, 0.3) is 11.3 Å². The second-order valence-electron chi connectivity index (χ2n) is 8.31. The van der Waals surface area contributed by atoms with E-state index >= 15 is 0 Å². The number of aryl methyl sites for hydroxylation is 2. The number of halogens is 3. The summed E-state index contributed by atoms with van der Waals surface area (Å²) in [7, 11) is 1.50. The molecular weight excluding hydrogens is 467 g/mol. The van der Waals surface area contributed by atoms with Crippen LogP contribution in [0.15, 0.2) is 30.3 Å². The molecule has 0 saturated carbocycles. The van der Waals surface area contributed by atoms with E-state index in [1.165, 1.54) is 24.5 Å². The van der Waals surface area contributed by atoms with Gasteiger partial charge in [-0.15, -0.1) is 11.3 Å². The lowest BCUT2D eigenvalue weighted by molar-refractivity contribution is -0.137. The second kappa shape index (κ2) is 8.15. The highest BCUT2D eigenvalue weighted by molar-refractivity contribution is 7.15. The van der Waals surface area contributed by atoms with Crippen molar-refractivity contribution in [2.75, 3.05) is 35.3 Å². The van der Waals surface area contributed by atoms with E-state index in [0.29, 0.717) is 34.6 Å². The summed E-state index contributed by atoms with van der Waals surface area (Å²) in [5, 5.41) is 3.36. The number of hydrogen-bond donors (Lipinski definition) is 1. The summed E-state index contributed by atoms with van der Waals surface area (Å²) < 4.78 is 45.5. The molecule has 2 aliphatic heterocycles. The number of nitrogens with zero attached hydrogens (tertiary/aromatic N) is 4. The Morgan fingerprint density at radius 2 is 2.03 bits per heavy atom. The highest BCUT2D eigenvalue weighted by Crippen LogP contribution is 2.47. The molecule has 0 spiro atoms. The first-order chi connectivity index (χ1) is 16.2. The average molecular weight is 490 g/mol. The number of methoxy groups -OCH3 is 1. The number of amides is 2. The number of pyridine rings is 1. The van der Waals surface area contributed by atoms with E-state index in [1.807, 2.05) is 13.8 Å². The third-order valence-electron chi connectivity index (χ3n) is 6.18. The number of aromatic nitrogens is 2. The number of benzene rings is 1. The van der Waals surface area contributed by atoms with Crippen molar-refractivity contribution >= 4 is 34.0 Å². The van der Waals surface area contributed by atoms with E-state index in [1.54, 1.807) is 17.0 Å². The Bertz CT molecular complexity index is 1260. The third kappa shape index (κ3) is 3.83. The Labute approximate surface area is 198 Å². The molecular formula is C23H22F3N5O2S. The number of alkyl halides is 3. The third-order valence-corrected chi connectivity index (χ3v) is 7.17. The van der Waals surface area contributed by atoms with Crippen molar-refractivity contribution in [3.8, 4) is 17.0 Å². The van der Waals surface area contributed by atoms with Gasteiger partial charge in [-0.3, -0.25) is 10.2 Å². The molecule has 0 aliphatic carbocycles. The van der Waals surface area contributed by atoms with Gasteiger partial charge in [-0.05, 0) is 32.4 Å². The number of nitrogens with one attached hydrogen (secondary N) is 1. The van der Waals surface area contributed by atoms with Crippen molar-refractivity contribution < 1.29 is 22.7 Å². The minimum absolute atomic E-state index is 0.122. The predicted molar refractivity (Wildman–Crippen MR) is 125 cm³/mol. The smallest absolute Gasteiger partial charge is 0.416 e. The summed E-state index contributed by atoms with van der Waals surface area (Å²) in [6, 6.07) is 6.10. The van der Waals surface area contributed by atoms with Crippen molar-refractivity contribution in [1.29, 1.82) is 0 Å². The monoisotopic (exact) mass is 489 g/mol. The van der Waals surface area contributed by atoms with Gasteiger partial charge in [0.1, 0.15) is 11.4 Å². The quantitative estimate of drug-likeness (QED) is 0.528. The van der Waals surface area contributed by atoms with Gasteiger partial charge in [0.05, 0.1) is 30.1 Å². The summed E-state index contributed by atoms with van der Waals surface area (Å²) in [4.78, 5) is 27.2. The van der Waals surface area contributed by atoms with Gasteiger partial charge in [0, 0.05) is 29.6 Å². The molecule has 11 heteroatoms. The molecule has 2 amide bonds. The fourth-order valence-corrected chi connectivity index (χ4v) is 5.20. The van der Waals surface area contributed by atoms with Crippen LogP contribution in [0.5, 0.6) is 5.75 Å². The van der Waals surface area contributed by atoms with Crippen molar-refractivity contribution in [1.82, 2.24) is 9.97 Å². The van der Waals surface area contributed by atoms with Gasteiger partial charge >= 0.3 is 12.2 Å². The molecule has 1 fully saturated rings. The van der Waals surface area contributed by atoms with Gasteiger partial charge < -0.3 is 9.64 Å². The Morgan fingerprint density at radius 1 is 1.24 bits per heavy atom. The normalized spacial score (nSPS) is 17.1. The number of carbonyl (C=O) groups excluding carboxylic acids is 1. The van der Waals surface area contributed by atoms with Gasteiger partial charge in [-0.25, -0.2) is 14.8 Å². The molecule has 178 valence electrons. The topological polar surface area (TPSA) is 70.6 Å². The summed E-state index contributed by atoms with van der Waals surface area (Å²) in [5.74, 6) is 0.819. The molecule has 4 heterocycles. The highest BCUT2D eigenvalue weighted by Gasteiger charge is 2.42. The van der Waals surface area contributed by atoms with Crippen LogP contribution in [0.4, 0.5) is 34.6 Å². The van der Waals surface area contributed by atoms with Crippen LogP contribution in [-0.4, -0.2) is 42.2 Å². The van der Waals surface area contributed by atoms with Gasteiger partial charge in [0.2, 0.25) is 0 Å². The zero-order valence-corrected chi connectivity index (χ0v) is 19.5. The standard InChI is InChI=1S/C23H22F3N5O2S/c1-12-13(2)34-21(27-12)29-22(32)31-16-7-8-30(11-16)19-18(33-3)10-17(28-20(19)31)14-5-4-6-15(9-14)23(24,25)26/h4-6,9-10,16H,7-8,11H2,1-3H3,(H,27,29,32)/t16-/m0/s1. The molecule has 1 N–H and O–H groups in total. The molecule has 1 saturated heterocycles. The van der Waals surface area contributed by atoms with Crippen LogP contribution >= 0.6 is 11.3 Å². The molecule has 1 aromatic carbocycles. The Hall–Kier alpha value is -3.34. The largest absolute Gasteiger partial charge is 0.494 e. The van der Waals surface area contributed by atoms with Crippen LogP contribution in [0.2, 0.25) is 0 Å². The van der Waals surface area contributed by atoms with Crippen LogP contribution in [-0.2, 0) is 6.18 Å². The number of rotatable bonds is 3. The molecule has 34 heavy (non-hydrogen) atoms. The van der Waals surface area contributed by atoms with Gasteiger partial charge in [-0.1, -0.05) is 12.1 Å². The Kier molecular flexibility index (Phi) is 5.38. The van der Waals surface area contributed by atoms with Crippen molar-refractivity contribution in [3.63, 3.8) is 0 Å². The summed E-state index contributed by atoms with van der Waals surface area (Å²) >= 11 is 1.39. The van der Waals surface area contributed by atoms with E-state index in [4.69, 9.17) is 4.74 Å². The fourth-order valence-electron chi connectivity index (χ4n) is 4.39. The van der Waals surface area contributed by atoms with E-state index in [2.05, 4.69) is 20.2 Å². The minimum Gasteiger partial charge on any atom is -0.494 e. The minimum atomic E-state index is -4.48. The molecule has 2 bridgehead atoms. The lowest BCUT2D eigenvalue weighted by Gasteiger charge is -2.36. The molecule has 2 aromatic heterocycles.